The molecule has 2 aliphatic rings. The van der Waals surface area contributed by atoms with E-state index in [1.807, 2.05) is 61.5 Å². The first-order chi connectivity index (χ1) is 13.9. The number of nitriles is 1. The molecule has 0 fully saturated rings. The lowest BCUT2D eigenvalue weighted by Gasteiger charge is -2.38. The van der Waals surface area contributed by atoms with Crippen LogP contribution < -0.4 is 10.1 Å². The third-order valence-electron chi connectivity index (χ3n) is 5.53. The minimum absolute atomic E-state index is 0.0871. The van der Waals surface area contributed by atoms with E-state index < -0.39 is 0 Å². The molecule has 2 aromatic rings. The third kappa shape index (κ3) is 3.69. The van der Waals surface area contributed by atoms with Crippen molar-refractivity contribution >= 4 is 5.78 Å². The van der Waals surface area contributed by atoms with Crippen molar-refractivity contribution in [3.05, 3.63) is 82.7 Å². The smallest absolute Gasteiger partial charge is 0.162 e. The fourth-order valence-corrected chi connectivity index (χ4v) is 4.30. The lowest BCUT2D eigenvalue weighted by molar-refractivity contribution is -0.118. The van der Waals surface area contributed by atoms with Gasteiger partial charge in [0.1, 0.15) is 11.5 Å². The van der Waals surface area contributed by atoms with Crippen molar-refractivity contribution in [1.29, 1.82) is 5.26 Å². The number of ketones is 1. The van der Waals surface area contributed by atoms with Crippen LogP contribution in [0.2, 0.25) is 0 Å². The van der Waals surface area contributed by atoms with Gasteiger partial charge in [0.25, 0.3) is 0 Å². The zero-order valence-electron chi connectivity index (χ0n) is 17.0. The van der Waals surface area contributed by atoms with Gasteiger partial charge in [0.2, 0.25) is 0 Å². The molecule has 1 aliphatic carbocycles. The minimum Gasteiger partial charge on any atom is -0.457 e. The molecule has 0 unspecified atom stereocenters. The number of rotatable bonds is 3. The van der Waals surface area contributed by atoms with Crippen LogP contribution in [0.4, 0.5) is 0 Å². The van der Waals surface area contributed by atoms with E-state index >= 15 is 0 Å². The summed E-state index contributed by atoms with van der Waals surface area (Å²) in [6.07, 6.45) is 1.28. The number of ether oxygens (including phenoxy) is 1. The Morgan fingerprint density at radius 3 is 2.52 bits per heavy atom. The van der Waals surface area contributed by atoms with Crippen LogP contribution in [0.5, 0.6) is 11.5 Å². The third-order valence-corrected chi connectivity index (χ3v) is 5.53. The van der Waals surface area contributed by atoms with E-state index in [1.165, 1.54) is 0 Å². The van der Waals surface area contributed by atoms with Gasteiger partial charge in [-0.2, -0.15) is 5.26 Å². The van der Waals surface area contributed by atoms with Crippen LogP contribution in [0.3, 0.4) is 0 Å². The summed E-state index contributed by atoms with van der Waals surface area (Å²) in [6.45, 7) is 6.13. The zero-order chi connectivity index (χ0) is 20.6. The second-order valence-electron chi connectivity index (χ2n) is 8.53. The highest BCUT2D eigenvalue weighted by Crippen LogP contribution is 2.46. The number of para-hydroxylation sites is 1. The molecule has 0 spiro atoms. The average molecular weight is 384 g/mol. The van der Waals surface area contributed by atoms with Crippen LogP contribution in [-0.4, -0.2) is 5.78 Å². The SMILES string of the molecule is CC1=C(C#N)[C@@H](c2cccc(Oc3ccccc3)c2)C2=C(CC(C)(C)CC2=O)N1. The molecule has 146 valence electrons. The summed E-state index contributed by atoms with van der Waals surface area (Å²) in [6, 6.07) is 19.6. The largest absolute Gasteiger partial charge is 0.457 e. The predicted molar refractivity (Wildman–Crippen MR) is 112 cm³/mol. The molecule has 1 heterocycles. The highest BCUT2D eigenvalue weighted by atomic mass is 16.5. The van der Waals surface area contributed by atoms with Crippen molar-refractivity contribution in [3.63, 3.8) is 0 Å². The molecule has 4 heteroatoms. The standard InChI is InChI=1S/C25H24N2O2/c1-16-20(15-26)23(24-21(27-16)13-25(2,3)14-22(24)28)17-8-7-11-19(12-17)29-18-9-5-4-6-10-18/h4-12,23,27H,13-14H2,1-3H3/t23-/m1/s1. The van der Waals surface area contributed by atoms with Crippen molar-refractivity contribution in [2.24, 2.45) is 5.41 Å². The molecular weight excluding hydrogens is 360 g/mol. The molecular formula is C25H24N2O2. The lowest BCUT2D eigenvalue weighted by Crippen LogP contribution is -2.36. The predicted octanol–water partition coefficient (Wildman–Crippen LogP) is 5.61. The maximum Gasteiger partial charge on any atom is 0.162 e. The molecule has 0 saturated heterocycles. The van der Waals surface area contributed by atoms with Crippen molar-refractivity contribution in [2.75, 3.05) is 0 Å². The summed E-state index contributed by atoms with van der Waals surface area (Å²) >= 11 is 0. The van der Waals surface area contributed by atoms with Gasteiger partial charge in [0, 0.05) is 23.4 Å². The van der Waals surface area contributed by atoms with E-state index in [9.17, 15) is 10.1 Å². The Hall–Kier alpha value is -3.32. The number of nitrogens with one attached hydrogen (secondary N) is 1. The minimum atomic E-state index is -0.362. The Labute approximate surface area is 171 Å². The summed E-state index contributed by atoms with van der Waals surface area (Å²) in [5.74, 6) is 1.19. The lowest BCUT2D eigenvalue weighted by atomic mass is 9.69. The van der Waals surface area contributed by atoms with Gasteiger partial charge >= 0.3 is 0 Å². The van der Waals surface area contributed by atoms with Crippen LogP contribution in [0.1, 0.15) is 45.1 Å². The molecule has 29 heavy (non-hydrogen) atoms. The highest BCUT2D eigenvalue weighted by Gasteiger charge is 2.41. The molecule has 2 aromatic carbocycles. The average Bonchev–Trinajstić information content (AvgIpc) is 2.67. The van der Waals surface area contributed by atoms with Gasteiger partial charge in [-0.15, -0.1) is 0 Å². The number of nitrogens with zero attached hydrogens (tertiary/aromatic N) is 1. The highest BCUT2D eigenvalue weighted by molar-refractivity contribution is 6.00. The van der Waals surface area contributed by atoms with Gasteiger partial charge in [-0.25, -0.2) is 0 Å². The number of allylic oxidation sites excluding steroid dienone is 4. The zero-order valence-corrected chi connectivity index (χ0v) is 17.0. The van der Waals surface area contributed by atoms with E-state index in [0.29, 0.717) is 17.7 Å². The van der Waals surface area contributed by atoms with Crippen molar-refractivity contribution in [3.8, 4) is 17.6 Å². The maximum absolute atomic E-state index is 13.1. The van der Waals surface area contributed by atoms with Crippen LogP contribution >= 0.6 is 0 Å². The van der Waals surface area contributed by atoms with Gasteiger partial charge in [-0.3, -0.25) is 4.79 Å². The van der Waals surface area contributed by atoms with E-state index in [0.717, 1.165) is 34.7 Å². The van der Waals surface area contributed by atoms with Crippen LogP contribution in [0.25, 0.3) is 0 Å². The molecule has 0 radical (unpaired) electrons. The number of hydrogen-bond donors (Lipinski definition) is 1. The molecule has 0 saturated carbocycles. The summed E-state index contributed by atoms with van der Waals surface area (Å²) in [7, 11) is 0. The van der Waals surface area contributed by atoms with Gasteiger partial charge in [0.05, 0.1) is 17.6 Å². The van der Waals surface area contributed by atoms with Crippen molar-refractivity contribution < 1.29 is 9.53 Å². The molecule has 4 nitrogen and oxygen atoms in total. The van der Waals surface area contributed by atoms with E-state index in [1.54, 1.807) is 0 Å². The monoisotopic (exact) mass is 384 g/mol. The second-order valence-corrected chi connectivity index (χ2v) is 8.53. The summed E-state index contributed by atoms with van der Waals surface area (Å²) in [5.41, 5.74) is 3.89. The first-order valence-corrected chi connectivity index (χ1v) is 9.85. The number of carbonyl (C=O) groups is 1. The first-order valence-electron chi connectivity index (χ1n) is 9.85. The quantitative estimate of drug-likeness (QED) is 0.747. The van der Waals surface area contributed by atoms with Gasteiger partial charge in [0.15, 0.2) is 5.78 Å². The summed E-state index contributed by atoms with van der Waals surface area (Å²) in [4.78, 5) is 13.1. The fraction of sp³-hybridized carbons (Fsp3) is 0.280. The van der Waals surface area contributed by atoms with Gasteiger partial charge < -0.3 is 10.1 Å². The summed E-state index contributed by atoms with van der Waals surface area (Å²) in [5, 5.41) is 13.2. The molecule has 1 atom stereocenters. The molecule has 0 aromatic heterocycles. The number of dihydropyridines is 1. The number of hydrogen-bond acceptors (Lipinski definition) is 4. The Balaban J connectivity index is 1.78. The maximum atomic E-state index is 13.1. The van der Waals surface area contributed by atoms with E-state index in [4.69, 9.17) is 4.74 Å². The van der Waals surface area contributed by atoms with Crippen LogP contribution in [0, 0.1) is 16.7 Å². The normalized spacial score (nSPS) is 20.6. The molecule has 0 amide bonds. The van der Waals surface area contributed by atoms with Crippen LogP contribution in [-0.2, 0) is 4.79 Å². The topological polar surface area (TPSA) is 62.1 Å². The molecule has 4 rings (SSSR count). The number of carbonyl (C=O) groups excluding carboxylic acids is 1. The van der Waals surface area contributed by atoms with Gasteiger partial charge in [-0.1, -0.05) is 44.2 Å². The molecule has 0 bridgehead atoms. The molecule has 1 N–H and O–H groups in total. The first kappa shape index (κ1) is 19.0. The van der Waals surface area contributed by atoms with Crippen LogP contribution in [0.15, 0.2) is 77.1 Å². The summed E-state index contributed by atoms with van der Waals surface area (Å²) < 4.78 is 5.99. The van der Waals surface area contributed by atoms with Crippen molar-refractivity contribution in [2.45, 2.75) is 39.5 Å². The Kier molecular flexibility index (Phi) is 4.76. The van der Waals surface area contributed by atoms with Gasteiger partial charge in [-0.05, 0) is 48.6 Å². The fourth-order valence-electron chi connectivity index (χ4n) is 4.30. The van der Waals surface area contributed by atoms with E-state index in [-0.39, 0.29) is 17.1 Å². The molecule has 1 aliphatic heterocycles. The number of Topliss-reactive ketones (excluding diaryl/α,β-unsaturated/α-hetero) is 1. The second kappa shape index (κ2) is 7.25. The Morgan fingerprint density at radius 2 is 1.79 bits per heavy atom. The Bertz CT molecular complexity index is 1070. The van der Waals surface area contributed by atoms with Crippen molar-refractivity contribution in [1.82, 2.24) is 5.32 Å². The number of benzene rings is 2. The Morgan fingerprint density at radius 1 is 1.07 bits per heavy atom. The van der Waals surface area contributed by atoms with E-state index in [2.05, 4.69) is 25.2 Å².